The highest BCUT2D eigenvalue weighted by molar-refractivity contribution is 5.94. The Balaban J connectivity index is 1.99. The fourth-order valence-corrected chi connectivity index (χ4v) is 2.31. The lowest BCUT2D eigenvalue weighted by atomic mass is 10.1. The van der Waals surface area contributed by atoms with Crippen molar-refractivity contribution in [3.8, 4) is 11.5 Å². The second-order valence-corrected chi connectivity index (χ2v) is 5.26. The quantitative estimate of drug-likeness (QED) is 0.804. The minimum Gasteiger partial charge on any atom is -0.497 e. The van der Waals surface area contributed by atoms with E-state index in [0.717, 1.165) is 22.6 Å². The van der Waals surface area contributed by atoms with Gasteiger partial charge in [-0.2, -0.15) is 0 Å². The second-order valence-electron chi connectivity index (χ2n) is 5.26. The Morgan fingerprint density at radius 3 is 2.57 bits per heavy atom. The molecular weight excluding hydrogens is 292 g/mol. The van der Waals surface area contributed by atoms with Crippen LogP contribution in [0.4, 0.5) is 5.69 Å². The number of anilines is 1. The van der Waals surface area contributed by atoms with Gasteiger partial charge in [-0.15, -0.1) is 0 Å². The Bertz CT molecular complexity index is 699. The number of hydrogen-bond donors (Lipinski definition) is 2. The minimum absolute atomic E-state index is 0.116. The summed E-state index contributed by atoms with van der Waals surface area (Å²) >= 11 is 0. The van der Waals surface area contributed by atoms with E-state index in [2.05, 4.69) is 5.32 Å². The molecule has 0 radical (unpaired) electrons. The third kappa shape index (κ3) is 4.16. The smallest absolute Gasteiger partial charge is 0.251 e. The van der Waals surface area contributed by atoms with Crippen molar-refractivity contribution in [2.45, 2.75) is 13.3 Å². The predicted molar refractivity (Wildman–Crippen MR) is 91.2 cm³/mol. The van der Waals surface area contributed by atoms with Crippen molar-refractivity contribution in [1.29, 1.82) is 0 Å². The SMILES string of the molecule is COc1ccc(OC)c(CCNC(=O)c2ccc(N)c(C)c2)c1. The fraction of sp³-hybridized carbons (Fsp3) is 0.278. The number of rotatable bonds is 6. The molecule has 0 fully saturated rings. The molecule has 0 saturated heterocycles. The number of carbonyl (C=O) groups is 1. The number of nitrogens with two attached hydrogens (primary N) is 1. The van der Waals surface area contributed by atoms with Crippen LogP contribution in [0.2, 0.25) is 0 Å². The van der Waals surface area contributed by atoms with Crippen molar-refractivity contribution in [3.05, 3.63) is 53.1 Å². The van der Waals surface area contributed by atoms with Crippen LogP contribution >= 0.6 is 0 Å². The van der Waals surface area contributed by atoms with Crippen molar-refractivity contribution in [1.82, 2.24) is 5.32 Å². The second kappa shape index (κ2) is 7.54. The molecule has 3 N–H and O–H groups in total. The maximum atomic E-state index is 12.2. The van der Waals surface area contributed by atoms with E-state index in [1.165, 1.54) is 0 Å². The molecular formula is C18H22N2O3. The summed E-state index contributed by atoms with van der Waals surface area (Å²) < 4.78 is 10.6. The molecule has 0 unspecified atom stereocenters. The standard InChI is InChI=1S/C18H22N2O3/c1-12-10-14(4-6-16(12)19)18(21)20-9-8-13-11-15(22-2)5-7-17(13)23-3/h4-7,10-11H,8-9,19H2,1-3H3,(H,20,21). The molecule has 0 spiro atoms. The summed E-state index contributed by atoms with van der Waals surface area (Å²) in [7, 11) is 3.25. The summed E-state index contributed by atoms with van der Waals surface area (Å²) in [5.74, 6) is 1.43. The first-order valence-electron chi connectivity index (χ1n) is 7.40. The Morgan fingerprint density at radius 2 is 1.91 bits per heavy atom. The van der Waals surface area contributed by atoms with Gasteiger partial charge in [0.05, 0.1) is 14.2 Å². The number of methoxy groups -OCH3 is 2. The van der Waals surface area contributed by atoms with Crippen molar-refractivity contribution in [3.63, 3.8) is 0 Å². The number of aryl methyl sites for hydroxylation is 1. The fourth-order valence-electron chi connectivity index (χ4n) is 2.31. The van der Waals surface area contributed by atoms with Gasteiger partial charge in [0, 0.05) is 17.8 Å². The third-order valence-electron chi connectivity index (χ3n) is 3.70. The van der Waals surface area contributed by atoms with Crippen LogP contribution in [0, 0.1) is 6.92 Å². The summed E-state index contributed by atoms with van der Waals surface area (Å²) in [6, 6.07) is 10.9. The average Bonchev–Trinajstić information content (AvgIpc) is 2.57. The van der Waals surface area contributed by atoms with Gasteiger partial charge in [-0.25, -0.2) is 0 Å². The number of ether oxygens (including phenoxy) is 2. The number of nitrogen functional groups attached to an aromatic ring is 1. The Kier molecular flexibility index (Phi) is 5.46. The normalized spacial score (nSPS) is 10.2. The largest absolute Gasteiger partial charge is 0.497 e. The molecule has 0 atom stereocenters. The first kappa shape index (κ1) is 16.7. The van der Waals surface area contributed by atoms with Gasteiger partial charge < -0.3 is 20.5 Å². The van der Waals surface area contributed by atoms with Gasteiger partial charge in [0.15, 0.2) is 0 Å². The summed E-state index contributed by atoms with van der Waals surface area (Å²) in [6.07, 6.45) is 0.653. The van der Waals surface area contributed by atoms with Gasteiger partial charge in [-0.3, -0.25) is 4.79 Å². The molecule has 23 heavy (non-hydrogen) atoms. The van der Waals surface area contributed by atoms with E-state index in [0.29, 0.717) is 24.2 Å². The molecule has 0 saturated carbocycles. The van der Waals surface area contributed by atoms with Gasteiger partial charge >= 0.3 is 0 Å². The highest BCUT2D eigenvalue weighted by atomic mass is 16.5. The lowest BCUT2D eigenvalue weighted by molar-refractivity contribution is 0.0954. The molecule has 2 aromatic carbocycles. The van der Waals surface area contributed by atoms with Crippen molar-refractivity contribution >= 4 is 11.6 Å². The van der Waals surface area contributed by atoms with Gasteiger partial charge in [-0.1, -0.05) is 0 Å². The molecule has 0 heterocycles. The van der Waals surface area contributed by atoms with Crippen LogP contribution in [0.3, 0.4) is 0 Å². The van der Waals surface area contributed by atoms with Crippen LogP contribution in [0.5, 0.6) is 11.5 Å². The van der Waals surface area contributed by atoms with E-state index in [1.807, 2.05) is 25.1 Å². The number of hydrogen-bond acceptors (Lipinski definition) is 4. The predicted octanol–water partition coefficient (Wildman–Crippen LogP) is 2.57. The van der Waals surface area contributed by atoms with Crippen LogP contribution in [-0.2, 0) is 6.42 Å². The number of amides is 1. The van der Waals surface area contributed by atoms with Crippen LogP contribution < -0.4 is 20.5 Å². The number of carbonyl (C=O) groups excluding carboxylic acids is 1. The Morgan fingerprint density at radius 1 is 1.13 bits per heavy atom. The van der Waals surface area contributed by atoms with Gasteiger partial charge in [-0.05, 0) is 60.9 Å². The zero-order valence-electron chi connectivity index (χ0n) is 13.7. The molecule has 122 valence electrons. The molecule has 5 nitrogen and oxygen atoms in total. The van der Waals surface area contributed by atoms with Crippen LogP contribution in [0.15, 0.2) is 36.4 Å². The molecule has 2 rings (SSSR count). The monoisotopic (exact) mass is 314 g/mol. The molecule has 0 aliphatic heterocycles. The van der Waals surface area contributed by atoms with Gasteiger partial charge in [0.25, 0.3) is 5.91 Å². The van der Waals surface area contributed by atoms with E-state index < -0.39 is 0 Å². The first-order valence-corrected chi connectivity index (χ1v) is 7.40. The highest BCUT2D eigenvalue weighted by Gasteiger charge is 2.08. The van der Waals surface area contributed by atoms with Crippen molar-refractivity contribution in [2.24, 2.45) is 0 Å². The van der Waals surface area contributed by atoms with Crippen molar-refractivity contribution < 1.29 is 14.3 Å². The molecule has 1 amide bonds. The maximum absolute atomic E-state index is 12.2. The van der Waals surface area contributed by atoms with Crippen LogP contribution in [0.1, 0.15) is 21.5 Å². The third-order valence-corrected chi connectivity index (χ3v) is 3.70. The molecule has 0 bridgehead atoms. The number of nitrogens with one attached hydrogen (secondary N) is 1. The van der Waals surface area contributed by atoms with Gasteiger partial charge in [0.1, 0.15) is 11.5 Å². The topological polar surface area (TPSA) is 73.6 Å². The molecule has 0 aromatic heterocycles. The van der Waals surface area contributed by atoms with E-state index in [-0.39, 0.29) is 5.91 Å². The van der Waals surface area contributed by atoms with Crippen LogP contribution in [-0.4, -0.2) is 26.7 Å². The van der Waals surface area contributed by atoms with Crippen molar-refractivity contribution in [2.75, 3.05) is 26.5 Å². The summed E-state index contributed by atoms with van der Waals surface area (Å²) in [5.41, 5.74) is 8.94. The molecule has 5 heteroatoms. The summed E-state index contributed by atoms with van der Waals surface area (Å²) in [4.78, 5) is 12.2. The Hall–Kier alpha value is -2.69. The number of benzene rings is 2. The molecule has 2 aromatic rings. The highest BCUT2D eigenvalue weighted by Crippen LogP contribution is 2.24. The molecule has 0 aliphatic carbocycles. The van der Waals surface area contributed by atoms with E-state index >= 15 is 0 Å². The lowest BCUT2D eigenvalue weighted by Gasteiger charge is -2.11. The van der Waals surface area contributed by atoms with E-state index in [1.54, 1.807) is 32.4 Å². The minimum atomic E-state index is -0.116. The summed E-state index contributed by atoms with van der Waals surface area (Å²) in [6.45, 7) is 2.39. The zero-order valence-corrected chi connectivity index (χ0v) is 13.7. The van der Waals surface area contributed by atoms with E-state index in [9.17, 15) is 4.79 Å². The lowest BCUT2D eigenvalue weighted by Crippen LogP contribution is -2.25. The first-order chi connectivity index (χ1) is 11.0. The zero-order chi connectivity index (χ0) is 16.8. The molecule has 0 aliphatic rings. The summed E-state index contributed by atoms with van der Waals surface area (Å²) in [5, 5.41) is 2.91. The van der Waals surface area contributed by atoms with E-state index in [4.69, 9.17) is 15.2 Å². The van der Waals surface area contributed by atoms with Crippen LogP contribution in [0.25, 0.3) is 0 Å². The maximum Gasteiger partial charge on any atom is 0.251 e. The van der Waals surface area contributed by atoms with Gasteiger partial charge in [0.2, 0.25) is 0 Å². The average molecular weight is 314 g/mol. The Labute approximate surface area is 136 Å².